The van der Waals surface area contributed by atoms with Gasteiger partial charge in [0.2, 0.25) is 5.91 Å². The zero-order chi connectivity index (χ0) is 20.1. The number of thiazole rings is 1. The van der Waals surface area contributed by atoms with Crippen LogP contribution >= 0.6 is 11.3 Å². The number of hydrogen-bond donors (Lipinski definition) is 0. The number of rotatable bonds is 3. The summed E-state index contributed by atoms with van der Waals surface area (Å²) in [4.78, 5) is 23.1. The topological polar surface area (TPSA) is 41.4 Å². The maximum absolute atomic E-state index is 13.4. The summed E-state index contributed by atoms with van der Waals surface area (Å²) < 4.78 is 2.01. The molecule has 5 nitrogen and oxygen atoms in total. The largest absolute Gasteiger partial charge is 0.335 e. The van der Waals surface area contributed by atoms with Crippen LogP contribution in [-0.4, -0.2) is 57.0 Å². The molecule has 2 aromatic heterocycles. The zero-order valence-corrected chi connectivity index (χ0v) is 18.3. The summed E-state index contributed by atoms with van der Waals surface area (Å²) >= 11 is 1.61. The lowest BCUT2D eigenvalue weighted by Crippen LogP contribution is -2.60. The standard InChI is InChI=1S/C24H30N4OS/c29-22(14-20-16-30-24(25-20)26-8-3-4-9-26)28-11-5-6-17-12-18-13-19(23(17)28)15-27-10-2-1-7-21(18)27/h3-4,8-9,12,16,18-19,21,23H,1-2,5-7,10-11,13-15H2. The van der Waals surface area contributed by atoms with E-state index < -0.39 is 0 Å². The number of aromatic nitrogens is 2. The van der Waals surface area contributed by atoms with E-state index in [2.05, 4.69) is 15.9 Å². The molecule has 1 amide bonds. The van der Waals surface area contributed by atoms with Crippen LogP contribution in [0.3, 0.4) is 0 Å². The van der Waals surface area contributed by atoms with Crippen LogP contribution in [0.15, 0.2) is 41.6 Å². The molecule has 4 atom stereocenters. The van der Waals surface area contributed by atoms with Crippen molar-refractivity contribution in [2.75, 3.05) is 19.6 Å². The second-order valence-corrected chi connectivity index (χ2v) is 10.3. The first kappa shape index (κ1) is 18.8. The van der Waals surface area contributed by atoms with Gasteiger partial charge in [0.05, 0.1) is 18.2 Å². The second kappa shape index (κ2) is 7.65. The van der Waals surface area contributed by atoms with E-state index in [-0.39, 0.29) is 5.91 Å². The molecule has 3 aliphatic heterocycles. The minimum absolute atomic E-state index is 0.258. The highest BCUT2D eigenvalue weighted by atomic mass is 32.1. The minimum atomic E-state index is 0.258. The lowest BCUT2D eigenvalue weighted by Gasteiger charge is -2.54. The lowest BCUT2D eigenvalue weighted by molar-refractivity contribution is -0.135. The van der Waals surface area contributed by atoms with Crippen LogP contribution in [0.5, 0.6) is 0 Å². The van der Waals surface area contributed by atoms with Crippen molar-refractivity contribution in [1.82, 2.24) is 19.4 Å². The first-order valence-corrected chi connectivity index (χ1v) is 12.5. The Labute approximate surface area is 182 Å². The maximum atomic E-state index is 13.4. The molecule has 4 aliphatic rings. The molecule has 0 aromatic carbocycles. The van der Waals surface area contributed by atoms with Crippen molar-refractivity contribution in [3.63, 3.8) is 0 Å². The highest BCUT2D eigenvalue weighted by Crippen LogP contribution is 2.45. The van der Waals surface area contributed by atoms with Crippen LogP contribution in [0, 0.1) is 11.8 Å². The summed E-state index contributed by atoms with van der Waals surface area (Å²) in [6, 6.07) is 5.09. The van der Waals surface area contributed by atoms with Gasteiger partial charge in [-0.1, -0.05) is 18.1 Å². The fraction of sp³-hybridized carbons (Fsp3) is 0.583. The predicted octanol–water partition coefficient (Wildman–Crippen LogP) is 3.90. The average Bonchev–Trinajstić information content (AvgIpc) is 3.45. The van der Waals surface area contributed by atoms with Crippen molar-refractivity contribution in [2.24, 2.45) is 11.8 Å². The molecule has 3 saturated heterocycles. The fourth-order valence-electron chi connectivity index (χ4n) is 6.47. The van der Waals surface area contributed by atoms with Crippen molar-refractivity contribution in [2.45, 2.75) is 57.0 Å². The molecular weight excluding hydrogens is 392 g/mol. The van der Waals surface area contributed by atoms with Crippen LogP contribution < -0.4 is 0 Å². The van der Waals surface area contributed by atoms with Gasteiger partial charge in [-0.25, -0.2) is 4.98 Å². The molecule has 4 unspecified atom stereocenters. The quantitative estimate of drug-likeness (QED) is 0.705. The molecule has 3 fully saturated rings. The third kappa shape index (κ3) is 3.25. The van der Waals surface area contributed by atoms with Gasteiger partial charge in [-0.15, -0.1) is 11.3 Å². The molecule has 5 heterocycles. The molecule has 6 rings (SSSR count). The van der Waals surface area contributed by atoms with E-state index >= 15 is 0 Å². The molecular formula is C24H30N4OS. The molecule has 0 saturated carbocycles. The van der Waals surface area contributed by atoms with E-state index in [9.17, 15) is 4.79 Å². The van der Waals surface area contributed by atoms with E-state index in [1.165, 1.54) is 45.2 Å². The molecule has 0 N–H and O–H groups in total. The lowest BCUT2D eigenvalue weighted by atomic mass is 9.68. The van der Waals surface area contributed by atoms with Crippen LogP contribution in [0.25, 0.3) is 5.13 Å². The summed E-state index contributed by atoms with van der Waals surface area (Å²) in [5, 5.41) is 2.98. The van der Waals surface area contributed by atoms with Gasteiger partial charge in [-0.05, 0) is 62.6 Å². The number of carbonyl (C=O) groups excluding carboxylic acids is 1. The Hall–Kier alpha value is -1.92. The molecule has 158 valence electrons. The van der Waals surface area contributed by atoms with Gasteiger partial charge >= 0.3 is 0 Å². The van der Waals surface area contributed by atoms with Gasteiger partial charge in [0, 0.05) is 36.9 Å². The van der Waals surface area contributed by atoms with Gasteiger partial charge in [0.25, 0.3) is 0 Å². The SMILES string of the molecule is O=C(Cc1csc(-n2cccc2)n1)N1CCCC2=CC3CC(CN4CCCCC34)C21. The Kier molecular flexibility index (Phi) is 4.80. The van der Waals surface area contributed by atoms with E-state index in [0.29, 0.717) is 24.3 Å². The van der Waals surface area contributed by atoms with Crippen molar-refractivity contribution >= 4 is 17.2 Å². The Balaban J connectivity index is 1.22. The summed E-state index contributed by atoms with van der Waals surface area (Å²) in [7, 11) is 0. The van der Waals surface area contributed by atoms with Gasteiger partial charge in [0.1, 0.15) is 0 Å². The van der Waals surface area contributed by atoms with E-state index in [1.54, 1.807) is 16.9 Å². The first-order chi connectivity index (χ1) is 14.8. The number of piperidine rings is 3. The predicted molar refractivity (Wildman–Crippen MR) is 119 cm³/mol. The Morgan fingerprint density at radius 1 is 1.17 bits per heavy atom. The molecule has 2 aromatic rings. The average molecular weight is 423 g/mol. The van der Waals surface area contributed by atoms with Gasteiger partial charge in [-0.2, -0.15) is 0 Å². The first-order valence-electron chi connectivity index (χ1n) is 11.6. The fourth-order valence-corrected chi connectivity index (χ4v) is 7.26. The van der Waals surface area contributed by atoms with Crippen molar-refractivity contribution < 1.29 is 4.79 Å². The van der Waals surface area contributed by atoms with Crippen molar-refractivity contribution in [3.05, 3.63) is 47.2 Å². The van der Waals surface area contributed by atoms with E-state index in [0.717, 1.165) is 29.8 Å². The van der Waals surface area contributed by atoms with Gasteiger partial charge in [-0.3, -0.25) is 9.69 Å². The molecule has 1 aliphatic carbocycles. The Bertz CT molecular complexity index is 948. The van der Waals surface area contributed by atoms with Crippen LogP contribution in [0.2, 0.25) is 0 Å². The van der Waals surface area contributed by atoms with Gasteiger partial charge in [0.15, 0.2) is 5.13 Å². The van der Waals surface area contributed by atoms with Crippen LogP contribution in [-0.2, 0) is 11.2 Å². The molecule has 0 spiro atoms. The second-order valence-electron chi connectivity index (χ2n) is 9.48. The Morgan fingerprint density at radius 2 is 2.07 bits per heavy atom. The summed E-state index contributed by atoms with van der Waals surface area (Å²) in [6.45, 7) is 3.34. The molecule has 2 bridgehead atoms. The number of amides is 1. The number of fused-ring (bicyclic) bond motifs is 6. The smallest absolute Gasteiger partial charge is 0.229 e. The normalized spacial score (nSPS) is 31.1. The van der Waals surface area contributed by atoms with Crippen LogP contribution in [0.1, 0.15) is 44.2 Å². The van der Waals surface area contributed by atoms with Crippen LogP contribution in [0.4, 0.5) is 0 Å². The maximum Gasteiger partial charge on any atom is 0.229 e. The van der Waals surface area contributed by atoms with Crippen molar-refractivity contribution in [3.8, 4) is 5.13 Å². The molecule has 6 heteroatoms. The highest BCUT2D eigenvalue weighted by molar-refractivity contribution is 7.12. The molecule has 0 radical (unpaired) electrons. The third-order valence-electron chi connectivity index (χ3n) is 7.67. The van der Waals surface area contributed by atoms with E-state index in [1.807, 2.05) is 34.5 Å². The van der Waals surface area contributed by atoms with E-state index in [4.69, 9.17) is 4.98 Å². The number of carbonyl (C=O) groups is 1. The number of nitrogens with zero attached hydrogens (tertiary/aromatic N) is 4. The monoisotopic (exact) mass is 422 g/mol. The summed E-state index contributed by atoms with van der Waals surface area (Å²) in [6.07, 6.45) is 14.7. The van der Waals surface area contributed by atoms with Gasteiger partial charge < -0.3 is 9.47 Å². The highest BCUT2D eigenvalue weighted by Gasteiger charge is 2.46. The third-order valence-corrected chi connectivity index (χ3v) is 8.58. The zero-order valence-electron chi connectivity index (χ0n) is 17.4. The number of hydrogen-bond acceptors (Lipinski definition) is 4. The Morgan fingerprint density at radius 3 is 2.97 bits per heavy atom. The minimum Gasteiger partial charge on any atom is -0.335 e. The summed E-state index contributed by atoms with van der Waals surface area (Å²) in [5.41, 5.74) is 2.46. The van der Waals surface area contributed by atoms with Crippen molar-refractivity contribution in [1.29, 1.82) is 0 Å². The summed E-state index contributed by atoms with van der Waals surface area (Å²) in [5.74, 6) is 1.58. The number of likely N-dealkylation sites (tertiary alicyclic amines) is 1. The molecule has 30 heavy (non-hydrogen) atoms.